The van der Waals surface area contributed by atoms with Crippen LogP contribution in [0.3, 0.4) is 0 Å². The number of amides is 1. The van der Waals surface area contributed by atoms with Crippen molar-refractivity contribution in [2.45, 2.75) is 12.8 Å². The first-order valence-electron chi connectivity index (χ1n) is 8.14. The quantitative estimate of drug-likeness (QED) is 0.677. The smallest absolute Gasteiger partial charge is 0.303 e. The molecule has 1 amide bonds. The van der Waals surface area contributed by atoms with Crippen LogP contribution in [-0.2, 0) is 16.0 Å². The number of aryl methyl sites for hydroxylation is 1. The van der Waals surface area contributed by atoms with Crippen molar-refractivity contribution in [2.24, 2.45) is 0 Å². The van der Waals surface area contributed by atoms with E-state index in [-0.39, 0.29) is 18.9 Å². The topological polar surface area (TPSA) is 75.6 Å². The highest BCUT2D eigenvalue weighted by Gasteiger charge is 2.06. The number of allylic oxidation sites excluding steroid dienone is 3. The molecule has 0 aromatic heterocycles. The van der Waals surface area contributed by atoms with Gasteiger partial charge in [0.05, 0.1) is 0 Å². The lowest BCUT2D eigenvalue weighted by Crippen LogP contribution is -2.27. The highest BCUT2D eigenvalue weighted by molar-refractivity contribution is 5.85. The summed E-state index contributed by atoms with van der Waals surface area (Å²) in [5.74, 6) is -0.554. The zero-order valence-electron chi connectivity index (χ0n) is 14.4. The Hall–Kier alpha value is -3.34. The van der Waals surface area contributed by atoms with E-state index in [1.807, 2.05) is 30.3 Å². The summed E-state index contributed by atoms with van der Waals surface area (Å²) in [5.41, 5.74) is 1.50. The minimum absolute atomic E-state index is 0.0890. The molecule has 0 aliphatic carbocycles. The molecule has 134 valence electrons. The molecule has 0 aliphatic heterocycles. The summed E-state index contributed by atoms with van der Waals surface area (Å²) in [6, 6.07) is 11.3. The molecule has 0 saturated carbocycles. The SMILES string of the molecule is C=C/C=C(\C=C)NC(=O)COc1ccc2ccc(CCC(=O)O)cc2c1. The van der Waals surface area contributed by atoms with Gasteiger partial charge in [-0.1, -0.05) is 43.5 Å². The Labute approximate surface area is 152 Å². The average molecular weight is 351 g/mol. The number of benzene rings is 2. The summed E-state index contributed by atoms with van der Waals surface area (Å²) < 4.78 is 5.54. The third kappa shape index (κ3) is 5.63. The molecule has 0 fully saturated rings. The number of aliphatic carboxylic acids is 1. The van der Waals surface area contributed by atoms with Gasteiger partial charge in [-0.15, -0.1) is 0 Å². The summed E-state index contributed by atoms with van der Waals surface area (Å²) in [7, 11) is 0. The number of fused-ring (bicyclic) bond motifs is 1. The van der Waals surface area contributed by atoms with Crippen LogP contribution >= 0.6 is 0 Å². The maximum Gasteiger partial charge on any atom is 0.303 e. The van der Waals surface area contributed by atoms with Crippen molar-refractivity contribution in [3.05, 3.63) is 79.0 Å². The molecular weight excluding hydrogens is 330 g/mol. The molecule has 5 nitrogen and oxygen atoms in total. The Morgan fingerprint density at radius 3 is 2.58 bits per heavy atom. The van der Waals surface area contributed by atoms with Crippen molar-refractivity contribution in [2.75, 3.05) is 6.61 Å². The Morgan fingerprint density at radius 1 is 1.12 bits per heavy atom. The fraction of sp³-hybridized carbons (Fsp3) is 0.143. The fourth-order valence-corrected chi connectivity index (χ4v) is 2.40. The van der Waals surface area contributed by atoms with Gasteiger partial charge in [-0.05, 0) is 47.0 Å². The molecule has 0 spiro atoms. The van der Waals surface area contributed by atoms with Crippen LogP contribution in [0.25, 0.3) is 10.8 Å². The maximum atomic E-state index is 11.9. The molecule has 0 atom stereocenters. The number of carbonyl (C=O) groups is 2. The zero-order chi connectivity index (χ0) is 18.9. The summed E-state index contributed by atoms with van der Waals surface area (Å²) in [5, 5.41) is 13.4. The van der Waals surface area contributed by atoms with Gasteiger partial charge in [0, 0.05) is 12.1 Å². The van der Waals surface area contributed by atoms with Crippen LogP contribution in [0.1, 0.15) is 12.0 Å². The van der Waals surface area contributed by atoms with Crippen molar-refractivity contribution >= 4 is 22.6 Å². The van der Waals surface area contributed by atoms with E-state index in [2.05, 4.69) is 18.5 Å². The van der Waals surface area contributed by atoms with Gasteiger partial charge in [-0.25, -0.2) is 0 Å². The van der Waals surface area contributed by atoms with Crippen molar-refractivity contribution in [1.29, 1.82) is 0 Å². The van der Waals surface area contributed by atoms with Crippen LogP contribution in [-0.4, -0.2) is 23.6 Å². The Bertz CT molecular complexity index is 867. The molecule has 26 heavy (non-hydrogen) atoms. The van der Waals surface area contributed by atoms with E-state index >= 15 is 0 Å². The van der Waals surface area contributed by atoms with Gasteiger partial charge in [-0.2, -0.15) is 0 Å². The van der Waals surface area contributed by atoms with Gasteiger partial charge in [0.15, 0.2) is 6.61 Å². The first kappa shape index (κ1) is 19.0. The largest absolute Gasteiger partial charge is 0.484 e. The van der Waals surface area contributed by atoms with E-state index < -0.39 is 5.97 Å². The number of carbonyl (C=O) groups excluding carboxylic acids is 1. The van der Waals surface area contributed by atoms with Gasteiger partial charge in [0.1, 0.15) is 5.75 Å². The van der Waals surface area contributed by atoms with Gasteiger partial charge in [-0.3, -0.25) is 9.59 Å². The molecule has 0 unspecified atom stereocenters. The molecule has 2 N–H and O–H groups in total. The normalized spacial score (nSPS) is 11.0. The lowest BCUT2D eigenvalue weighted by atomic mass is 10.0. The summed E-state index contributed by atoms with van der Waals surface area (Å²) >= 11 is 0. The molecule has 0 saturated heterocycles. The van der Waals surface area contributed by atoms with Crippen molar-refractivity contribution in [3.8, 4) is 5.75 Å². The van der Waals surface area contributed by atoms with Crippen LogP contribution in [0.2, 0.25) is 0 Å². The molecule has 0 bridgehead atoms. The standard InChI is InChI=1S/C21H21NO4/c1-3-5-18(4-2)22-20(23)14-26-19-10-9-16-8-6-15(7-11-21(24)25)12-17(16)13-19/h3-6,8-10,12-13H,1-2,7,11,14H2,(H,22,23)(H,24,25)/b18-5+. The Kier molecular flexibility index (Phi) is 6.74. The second kappa shape index (κ2) is 9.22. The van der Waals surface area contributed by atoms with Crippen LogP contribution in [0.15, 0.2) is 73.5 Å². The third-order valence-corrected chi connectivity index (χ3v) is 3.67. The highest BCUT2D eigenvalue weighted by atomic mass is 16.5. The number of carboxylic acids is 1. The summed E-state index contributed by atoms with van der Waals surface area (Å²) in [4.78, 5) is 22.6. The molecule has 0 heterocycles. The number of nitrogens with one attached hydrogen (secondary N) is 1. The molecule has 5 heteroatoms. The van der Waals surface area contributed by atoms with Crippen molar-refractivity contribution in [3.63, 3.8) is 0 Å². The Balaban J connectivity index is 2.04. The number of hydrogen-bond acceptors (Lipinski definition) is 3. The van der Waals surface area contributed by atoms with Gasteiger partial charge < -0.3 is 15.2 Å². The first-order chi connectivity index (χ1) is 12.5. The molecule has 2 rings (SSSR count). The lowest BCUT2D eigenvalue weighted by Gasteiger charge is -2.09. The van der Waals surface area contributed by atoms with E-state index in [9.17, 15) is 9.59 Å². The molecule has 0 radical (unpaired) electrons. The fourth-order valence-electron chi connectivity index (χ4n) is 2.40. The van der Waals surface area contributed by atoms with E-state index in [1.165, 1.54) is 6.08 Å². The lowest BCUT2D eigenvalue weighted by molar-refractivity contribution is -0.137. The van der Waals surface area contributed by atoms with Crippen LogP contribution in [0, 0.1) is 0 Å². The number of hydrogen-bond donors (Lipinski definition) is 2. The van der Waals surface area contributed by atoms with E-state index in [4.69, 9.17) is 9.84 Å². The van der Waals surface area contributed by atoms with Crippen molar-refractivity contribution < 1.29 is 19.4 Å². The number of rotatable bonds is 9. The van der Waals surface area contributed by atoms with E-state index in [1.54, 1.807) is 18.2 Å². The third-order valence-electron chi connectivity index (χ3n) is 3.67. The molecule has 2 aromatic carbocycles. The molecular formula is C21H21NO4. The van der Waals surface area contributed by atoms with Crippen LogP contribution in [0.4, 0.5) is 0 Å². The van der Waals surface area contributed by atoms with Gasteiger partial charge in [0.25, 0.3) is 5.91 Å². The first-order valence-corrected chi connectivity index (χ1v) is 8.14. The Morgan fingerprint density at radius 2 is 1.88 bits per heavy atom. The minimum atomic E-state index is -0.822. The second-order valence-electron chi connectivity index (χ2n) is 5.64. The second-order valence-corrected chi connectivity index (χ2v) is 5.64. The monoisotopic (exact) mass is 351 g/mol. The minimum Gasteiger partial charge on any atom is -0.484 e. The van der Waals surface area contributed by atoms with Crippen molar-refractivity contribution in [1.82, 2.24) is 5.32 Å². The van der Waals surface area contributed by atoms with Crippen LogP contribution < -0.4 is 10.1 Å². The maximum absolute atomic E-state index is 11.9. The molecule has 2 aromatic rings. The van der Waals surface area contributed by atoms with E-state index in [0.29, 0.717) is 17.9 Å². The predicted molar refractivity (Wildman–Crippen MR) is 102 cm³/mol. The summed E-state index contributed by atoms with van der Waals surface area (Å²) in [6.07, 6.45) is 5.28. The molecule has 0 aliphatic rings. The summed E-state index contributed by atoms with van der Waals surface area (Å²) in [6.45, 7) is 7.05. The van der Waals surface area contributed by atoms with Crippen LogP contribution in [0.5, 0.6) is 5.75 Å². The van der Waals surface area contributed by atoms with E-state index in [0.717, 1.165) is 16.3 Å². The van der Waals surface area contributed by atoms with Gasteiger partial charge in [0.2, 0.25) is 0 Å². The zero-order valence-corrected chi connectivity index (χ0v) is 14.4. The number of carboxylic acid groups (broad SMARTS) is 1. The van der Waals surface area contributed by atoms with Gasteiger partial charge >= 0.3 is 5.97 Å². The predicted octanol–water partition coefficient (Wildman–Crippen LogP) is 3.61. The average Bonchev–Trinajstić information content (AvgIpc) is 2.63. The highest BCUT2D eigenvalue weighted by Crippen LogP contribution is 2.22. The number of ether oxygens (including phenoxy) is 1.